The van der Waals surface area contributed by atoms with Gasteiger partial charge in [-0.3, -0.25) is 4.79 Å². The molecule has 5 heteroatoms. The monoisotopic (exact) mass is 286 g/mol. The molecule has 21 heavy (non-hydrogen) atoms. The lowest BCUT2D eigenvalue weighted by Gasteiger charge is -2.44. The van der Waals surface area contributed by atoms with Crippen molar-refractivity contribution in [2.75, 3.05) is 6.61 Å². The zero-order valence-corrected chi connectivity index (χ0v) is 11.7. The second kappa shape index (κ2) is 4.58. The van der Waals surface area contributed by atoms with E-state index in [1.54, 1.807) is 0 Å². The largest absolute Gasteiger partial charge is 0.370 e. The molecule has 0 saturated carbocycles. The van der Waals surface area contributed by atoms with Crippen LogP contribution in [-0.2, 0) is 21.6 Å². The first-order valence-electron chi connectivity index (χ1n) is 7.38. The van der Waals surface area contributed by atoms with Gasteiger partial charge in [-0.15, -0.1) is 0 Å². The Balaban J connectivity index is 1.75. The molecule has 3 aliphatic rings. The van der Waals surface area contributed by atoms with E-state index in [1.165, 1.54) is 11.1 Å². The highest BCUT2D eigenvalue weighted by molar-refractivity contribution is 5.95. The van der Waals surface area contributed by atoms with E-state index in [0.717, 1.165) is 24.1 Å². The predicted octanol–water partition coefficient (Wildman–Crippen LogP) is 0.888. The number of amides is 1. The molecular formula is C16H18N2O3. The van der Waals surface area contributed by atoms with Crippen LogP contribution in [-0.4, -0.2) is 24.0 Å². The summed E-state index contributed by atoms with van der Waals surface area (Å²) in [7, 11) is 0. The molecule has 2 aliphatic heterocycles. The fourth-order valence-corrected chi connectivity index (χ4v) is 3.73. The minimum Gasteiger partial charge on any atom is -0.370 e. The van der Waals surface area contributed by atoms with Crippen LogP contribution >= 0.6 is 0 Å². The average Bonchev–Trinajstić information content (AvgIpc) is 2.47. The van der Waals surface area contributed by atoms with E-state index in [-0.39, 0.29) is 11.5 Å². The molecule has 1 aromatic carbocycles. The summed E-state index contributed by atoms with van der Waals surface area (Å²) in [6, 6.07) is 8.37. The number of hydrogen-bond acceptors (Lipinski definition) is 4. The van der Waals surface area contributed by atoms with E-state index in [0.29, 0.717) is 19.4 Å². The van der Waals surface area contributed by atoms with E-state index >= 15 is 0 Å². The smallest absolute Gasteiger partial charge is 0.252 e. The first-order chi connectivity index (χ1) is 10.2. The summed E-state index contributed by atoms with van der Waals surface area (Å²) in [5.74, 6) is -0.171. The van der Waals surface area contributed by atoms with Crippen molar-refractivity contribution in [2.24, 2.45) is 0 Å². The number of nitrogens with one attached hydrogen (secondary N) is 2. The third-order valence-corrected chi connectivity index (χ3v) is 4.72. The Hall–Kier alpha value is -1.85. The van der Waals surface area contributed by atoms with Gasteiger partial charge in [0, 0.05) is 17.7 Å². The van der Waals surface area contributed by atoms with Gasteiger partial charge in [-0.25, -0.2) is 0 Å². The third kappa shape index (κ3) is 1.96. The average molecular weight is 286 g/mol. The van der Waals surface area contributed by atoms with Crippen molar-refractivity contribution in [3.8, 4) is 0 Å². The van der Waals surface area contributed by atoms with Crippen molar-refractivity contribution >= 4 is 5.91 Å². The summed E-state index contributed by atoms with van der Waals surface area (Å²) in [5, 5.41) is 15.2. The lowest BCUT2D eigenvalue weighted by molar-refractivity contribution is -0.124. The molecule has 110 valence electrons. The number of carbonyl (C=O) groups excluding carboxylic acids is 1. The summed E-state index contributed by atoms with van der Waals surface area (Å²) < 4.78 is 6.16. The van der Waals surface area contributed by atoms with Gasteiger partial charge in [0.2, 0.25) is 6.35 Å². The van der Waals surface area contributed by atoms with Gasteiger partial charge < -0.3 is 20.5 Å². The van der Waals surface area contributed by atoms with Crippen molar-refractivity contribution in [1.29, 1.82) is 0 Å². The molecule has 1 aliphatic carbocycles. The van der Waals surface area contributed by atoms with Crippen molar-refractivity contribution in [3.05, 3.63) is 46.7 Å². The Kier molecular flexibility index (Phi) is 2.80. The number of ether oxygens (including phenoxy) is 1. The molecule has 5 nitrogen and oxygen atoms in total. The molecule has 1 amide bonds. The molecule has 1 aromatic rings. The number of fused-ring (bicyclic) bond motifs is 2. The van der Waals surface area contributed by atoms with E-state index in [4.69, 9.17) is 4.74 Å². The quantitative estimate of drug-likeness (QED) is 0.662. The number of aliphatic hydroxyl groups is 1. The molecule has 3 N–H and O–H groups in total. The van der Waals surface area contributed by atoms with Crippen LogP contribution in [0.1, 0.15) is 30.4 Å². The number of hydrogen-bond donors (Lipinski definition) is 3. The molecule has 0 fully saturated rings. The van der Waals surface area contributed by atoms with Gasteiger partial charge in [-0.05, 0) is 30.4 Å². The maximum Gasteiger partial charge on any atom is 0.252 e. The van der Waals surface area contributed by atoms with Gasteiger partial charge in [0.15, 0.2) is 0 Å². The lowest BCUT2D eigenvalue weighted by Crippen LogP contribution is -2.53. The summed E-state index contributed by atoms with van der Waals surface area (Å²) in [4.78, 5) is 11.9. The van der Waals surface area contributed by atoms with Gasteiger partial charge >= 0.3 is 0 Å². The van der Waals surface area contributed by atoms with Gasteiger partial charge in [0.1, 0.15) is 0 Å². The highest BCUT2D eigenvalue weighted by Gasteiger charge is 2.44. The van der Waals surface area contributed by atoms with Crippen LogP contribution in [0.4, 0.5) is 0 Å². The Bertz CT molecular complexity index is 640. The van der Waals surface area contributed by atoms with Gasteiger partial charge in [-0.2, -0.15) is 0 Å². The number of benzene rings is 1. The van der Waals surface area contributed by atoms with Gasteiger partial charge in [0.05, 0.1) is 12.2 Å². The fraction of sp³-hybridized carbons (Fsp3) is 0.438. The topological polar surface area (TPSA) is 70.6 Å². The highest BCUT2D eigenvalue weighted by atomic mass is 16.5. The maximum absolute atomic E-state index is 11.9. The molecule has 0 aromatic heterocycles. The SMILES string of the molecule is O=C1NC(O)NC2=C1CCC1(C2)OCCc2ccccc21. The van der Waals surface area contributed by atoms with Crippen LogP contribution in [0.2, 0.25) is 0 Å². The van der Waals surface area contributed by atoms with Crippen molar-refractivity contribution in [2.45, 2.75) is 37.6 Å². The molecule has 2 unspecified atom stereocenters. The van der Waals surface area contributed by atoms with Crippen molar-refractivity contribution in [3.63, 3.8) is 0 Å². The first-order valence-corrected chi connectivity index (χ1v) is 7.38. The molecule has 0 radical (unpaired) electrons. The molecular weight excluding hydrogens is 268 g/mol. The highest BCUT2D eigenvalue weighted by Crippen LogP contribution is 2.46. The molecule has 0 bridgehead atoms. The Morgan fingerprint density at radius 2 is 2.10 bits per heavy atom. The van der Waals surface area contributed by atoms with Crippen LogP contribution in [0.5, 0.6) is 0 Å². The van der Waals surface area contributed by atoms with E-state index in [1.807, 2.05) is 6.07 Å². The fourth-order valence-electron chi connectivity index (χ4n) is 3.73. The molecule has 0 saturated heterocycles. The van der Waals surface area contributed by atoms with Crippen LogP contribution in [0.3, 0.4) is 0 Å². The summed E-state index contributed by atoms with van der Waals surface area (Å²) in [5.41, 5.74) is 3.75. The van der Waals surface area contributed by atoms with Crippen LogP contribution in [0.15, 0.2) is 35.5 Å². The molecule has 1 spiro atoms. The zero-order chi connectivity index (χ0) is 14.4. The Labute approximate surface area is 123 Å². The second-order valence-electron chi connectivity index (χ2n) is 5.90. The van der Waals surface area contributed by atoms with Gasteiger partial charge in [-0.1, -0.05) is 24.3 Å². The Morgan fingerprint density at radius 3 is 3.00 bits per heavy atom. The maximum atomic E-state index is 11.9. The zero-order valence-electron chi connectivity index (χ0n) is 11.7. The number of aliphatic hydroxyl groups excluding tert-OH is 1. The predicted molar refractivity (Wildman–Crippen MR) is 75.9 cm³/mol. The van der Waals surface area contributed by atoms with Crippen LogP contribution in [0.25, 0.3) is 0 Å². The van der Waals surface area contributed by atoms with Crippen LogP contribution in [0, 0.1) is 0 Å². The van der Waals surface area contributed by atoms with Crippen molar-refractivity contribution < 1.29 is 14.6 Å². The van der Waals surface area contributed by atoms with Crippen molar-refractivity contribution in [1.82, 2.24) is 10.6 Å². The first kappa shape index (κ1) is 12.9. The number of carbonyl (C=O) groups is 1. The lowest BCUT2D eigenvalue weighted by atomic mass is 9.74. The molecule has 2 atom stereocenters. The summed E-state index contributed by atoms with van der Waals surface area (Å²) >= 11 is 0. The van der Waals surface area contributed by atoms with E-state index in [9.17, 15) is 9.90 Å². The normalized spacial score (nSPS) is 31.3. The minimum atomic E-state index is -1.01. The minimum absolute atomic E-state index is 0.171. The molecule has 2 heterocycles. The Morgan fingerprint density at radius 1 is 1.24 bits per heavy atom. The second-order valence-corrected chi connectivity index (χ2v) is 5.90. The van der Waals surface area contributed by atoms with Gasteiger partial charge in [0.25, 0.3) is 5.91 Å². The van der Waals surface area contributed by atoms with E-state index in [2.05, 4.69) is 28.8 Å². The summed E-state index contributed by atoms with van der Waals surface area (Å²) in [6.45, 7) is 0.703. The third-order valence-electron chi connectivity index (χ3n) is 4.72. The summed E-state index contributed by atoms with van der Waals surface area (Å²) in [6.07, 6.45) is 2.00. The molecule has 4 rings (SSSR count). The standard InChI is InChI=1S/C16H18N2O3/c19-14-11-5-7-16(9-13(11)17-15(20)18-14)12-4-2-1-3-10(12)6-8-21-16/h1-4,15,17,20H,5-9H2,(H,18,19). The van der Waals surface area contributed by atoms with Crippen LogP contribution < -0.4 is 10.6 Å². The number of rotatable bonds is 0. The van der Waals surface area contributed by atoms with E-state index < -0.39 is 6.35 Å².